The fourth-order valence-corrected chi connectivity index (χ4v) is 9.85. The lowest BCUT2D eigenvalue weighted by molar-refractivity contribution is 0.130. The molecule has 0 saturated heterocycles. The van der Waals surface area contributed by atoms with Crippen molar-refractivity contribution < 1.29 is 4.74 Å². The van der Waals surface area contributed by atoms with Crippen molar-refractivity contribution in [3.63, 3.8) is 0 Å². The summed E-state index contributed by atoms with van der Waals surface area (Å²) in [6.45, 7) is 18.5. The van der Waals surface area contributed by atoms with E-state index in [0.29, 0.717) is 0 Å². The molecular weight excluding hydrogens is 344 g/mol. The highest BCUT2D eigenvalue weighted by molar-refractivity contribution is 6.90. The van der Waals surface area contributed by atoms with Crippen molar-refractivity contribution in [2.24, 2.45) is 0 Å². The Balaban J connectivity index is 3.76. The first kappa shape index (κ1) is 26.7. The summed E-state index contributed by atoms with van der Waals surface area (Å²) >= 11 is 0. The summed E-state index contributed by atoms with van der Waals surface area (Å²) in [5.74, 6) is 3.61. The molecule has 0 atom stereocenters. The average Bonchev–Trinajstić information content (AvgIpc) is 2.60. The van der Waals surface area contributed by atoms with E-state index in [4.69, 9.17) is 4.74 Å². The van der Waals surface area contributed by atoms with E-state index >= 15 is 0 Å². The molecule has 0 N–H and O–H groups in total. The van der Waals surface area contributed by atoms with E-state index in [1.807, 2.05) is 0 Å². The van der Waals surface area contributed by atoms with Crippen molar-refractivity contribution in [2.45, 2.75) is 136 Å². The van der Waals surface area contributed by atoms with E-state index in [9.17, 15) is 0 Å². The maximum Gasteiger partial charge on any atom is 0.145 e. The van der Waals surface area contributed by atoms with E-state index in [1.165, 1.54) is 57.8 Å². The highest BCUT2D eigenvalue weighted by Crippen LogP contribution is 2.40. The summed E-state index contributed by atoms with van der Waals surface area (Å²) in [5.41, 5.74) is 6.11. The number of hydrogen-bond donors (Lipinski definition) is 0. The number of rotatable bonds is 16. The Hall–Kier alpha value is -0.263. The van der Waals surface area contributed by atoms with Crippen LogP contribution < -0.4 is 0 Å². The molecule has 0 heterocycles. The lowest BCUT2D eigenvalue weighted by Crippen LogP contribution is -2.43. The molecule has 2 heteroatoms. The lowest BCUT2D eigenvalue weighted by atomic mass is 10.1. The van der Waals surface area contributed by atoms with Gasteiger partial charge in [-0.3, -0.25) is 0 Å². The minimum absolute atomic E-state index is 0.753. The van der Waals surface area contributed by atoms with Crippen LogP contribution in [0, 0.1) is 11.5 Å². The standard InChI is InChI=1S/C25H50OSi/c1-8-20-26-21-18-16-14-12-10-9-11-13-15-17-19-22-27(23(2)3,24(4)5)25(6)7/h23-25H,8-18,20-21H2,1-7H3. The van der Waals surface area contributed by atoms with Crippen molar-refractivity contribution in [1.29, 1.82) is 0 Å². The Labute approximate surface area is 173 Å². The van der Waals surface area contributed by atoms with Crippen LogP contribution in [0.4, 0.5) is 0 Å². The van der Waals surface area contributed by atoms with Gasteiger partial charge in [0.1, 0.15) is 8.07 Å². The molecule has 27 heavy (non-hydrogen) atoms. The van der Waals surface area contributed by atoms with Gasteiger partial charge >= 0.3 is 0 Å². The minimum Gasteiger partial charge on any atom is -0.381 e. The second-order valence-electron chi connectivity index (χ2n) is 9.24. The predicted octanol–water partition coefficient (Wildman–Crippen LogP) is 8.54. The first-order chi connectivity index (χ1) is 12.9. The normalized spacial score (nSPS) is 12.1. The summed E-state index contributed by atoms with van der Waals surface area (Å²) in [7, 11) is -1.50. The van der Waals surface area contributed by atoms with Gasteiger partial charge < -0.3 is 4.74 Å². The van der Waals surface area contributed by atoms with E-state index < -0.39 is 8.07 Å². The summed E-state index contributed by atoms with van der Waals surface area (Å²) in [6.07, 6.45) is 14.5. The Morgan fingerprint density at radius 3 is 1.52 bits per heavy atom. The molecule has 0 aliphatic carbocycles. The number of unbranched alkanes of at least 4 members (excludes halogenated alkanes) is 9. The minimum atomic E-state index is -1.50. The van der Waals surface area contributed by atoms with Crippen molar-refractivity contribution in [2.75, 3.05) is 13.2 Å². The fourth-order valence-electron chi connectivity index (χ4n) is 4.55. The zero-order valence-corrected chi connectivity index (χ0v) is 20.8. The smallest absolute Gasteiger partial charge is 0.145 e. The molecule has 0 aromatic rings. The van der Waals surface area contributed by atoms with Crippen molar-refractivity contribution in [3.8, 4) is 11.5 Å². The molecule has 0 spiro atoms. The van der Waals surface area contributed by atoms with Crippen LogP contribution in [-0.4, -0.2) is 21.3 Å². The Kier molecular flexibility index (Phi) is 16.5. The van der Waals surface area contributed by atoms with Crippen LogP contribution in [0.5, 0.6) is 0 Å². The summed E-state index contributed by atoms with van der Waals surface area (Å²) in [5, 5.41) is 0. The molecule has 0 aliphatic heterocycles. The van der Waals surface area contributed by atoms with Crippen LogP contribution >= 0.6 is 0 Å². The SMILES string of the molecule is CCCOCCCCCCCCCCCC#C[Si](C(C)C)(C(C)C)C(C)C. The zero-order valence-electron chi connectivity index (χ0n) is 19.8. The molecule has 0 unspecified atom stereocenters. The Morgan fingerprint density at radius 1 is 0.630 bits per heavy atom. The van der Waals surface area contributed by atoms with Crippen LogP contribution in [0.3, 0.4) is 0 Å². The molecule has 1 nitrogen and oxygen atoms in total. The van der Waals surface area contributed by atoms with Crippen LogP contribution in [0.1, 0.15) is 119 Å². The molecule has 0 aliphatic rings. The van der Waals surface area contributed by atoms with E-state index in [1.54, 1.807) is 0 Å². The maximum absolute atomic E-state index is 5.53. The Bertz CT molecular complexity index is 367. The Morgan fingerprint density at radius 2 is 1.07 bits per heavy atom. The van der Waals surface area contributed by atoms with E-state index in [-0.39, 0.29) is 0 Å². The van der Waals surface area contributed by atoms with Crippen LogP contribution in [0.15, 0.2) is 0 Å². The summed E-state index contributed by atoms with van der Waals surface area (Å²) in [4.78, 5) is 0. The third-order valence-electron chi connectivity index (χ3n) is 6.11. The second kappa shape index (κ2) is 16.7. The maximum atomic E-state index is 5.53. The van der Waals surface area contributed by atoms with Crippen molar-refractivity contribution in [1.82, 2.24) is 0 Å². The van der Waals surface area contributed by atoms with Crippen LogP contribution in [0.25, 0.3) is 0 Å². The second-order valence-corrected chi connectivity index (χ2v) is 14.8. The monoisotopic (exact) mass is 394 g/mol. The lowest BCUT2D eigenvalue weighted by Gasteiger charge is -2.38. The zero-order chi connectivity index (χ0) is 20.5. The molecule has 0 aromatic carbocycles. The first-order valence-electron chi connectivity index (χ1n) is 12.0. The van der Waals surface area contributed by atoms with Gasteiger partial charge in [0, 0.05) is 19.6 Å². The molecular formula is C25H50OSi. The van der Waals surface area contributed by atoms with Gasteiger partial charge in [0.25, 0.3) is 0 Å². The van der Waals surface area contributed by atoms with Gasteiger partial charge in [0.15, 0.2) is 0 Å². The van der Waals surface area contributed by atoms with Gasteiger partial charge in [-0.15, -0.1) is 11.5 Å². The van der Waals surface area contributed by atoms with Gasteiger partial charge in [-0.1, -0.05) is 93.4 Å². The van der Waals surface area contributed by atoms with Gasteiger partial charge in [-0.25, -0.2) is 0 Å². The van der Waals surface area contributed by atoms with Gasteiger partial charge in [0.05, 0.1) is 0 Å². The highest BCUT2D eigenvalue weighted by Gasteiger charge is 2.41. The molecule has 0 saturated carbocycles. The van der Waals surface area contributed by atoms with Gasteiger partial charge in [0.2, 0.25) is 0 Å². The number of hydrogen-bond acceptors (Lipinski definition) is 1. The molecule has 0 aromatic heterocycles. The van der Waals surface area contributed by atoms with Crippen LogP contribution in [0.2, 0.25) is 16.6 Å². The third kappa shape index (κ3) is 11.4. The first-order valence-corrected chi connectivity index (χ1v) is 14.2. The van der Waals surface area contributed by atoms with Crippen molar-refractivity contribution in [3.05, 3.63) is 0 Å². The summed E-state index contributed by atoms with van der Waals surface area (Å²) in [6, 6.07) is 0. The van der Waals surface area contributed by atoms with Gasteiger partial charge in [-0.2, -0.15) is 0 Å². The van der Waals surface area contributed by atoms with E-state index in [2.05, 4.69) is 59.9 Å². The quantitative estimate of drug-likeness (QED) is 0.145. The molecule has 0 bridgehead atoms. The fraction of sp³-hybridized carbons (Fsp3) is 0.920. The van der Waals surface area contributed by atoms with Crippen molar-refractivity contribution >= 4 is 8.07 Å². The predicted molar refractivity (Wildman–Crippen MR) is 126 cm³/mol. The van der Waals surface area contributed by atoms with Crippen LogP contribution in [-0.2, 0) is 4.74 Å². The molecule has 0 amide bonds. The van der Waals surface area contributed by atoms with E-state index in [0.717, 1.165) is 42.7 Å². The average molecular weight is 395 g/mol. The topological polar surface area (TPSA) is 9.23 Å². The number of ether oxygens (including phenoxy) is 1. The molecule has 160 valence electrons. The molecule has 0 radical (unpaired) electrons. The third-order valence-corrected chi connectivity index (χ3v) is 12.5. The molecule has 0 rings (SSSR count). The largest absolute Gasteiger partial charge is 0.381 e. The summed E-state index contributed by atoms with van der Waals surface area (Å²) < 4.78 is 5.53. The highest BCUT2D eigenvalue weighted by atomic mass is 28.3. The molecule has 0 fully saturated rings. The van der Waals surface area contributed by atoms with Gasteiger partial charge in [-0.05, 0) is 35.9 Å².